The Balaban J connectivity index is 2.74. The summed E-state index contributed by atoms with van der Waals surface area (Å²) in [6.45, 7) is 10.4. The van der Waals surface area contributed by atoms with Crippen LogP contribution in [0.1, 0.15) is 41.0 Å². The van der Waals surface area contributed by atoms with Crippen LogP contribution in [0.2, 0.25) is 0 Å². The number of hydrogen-bond donors (Lipinski definition) is 1. The SMILES string of the molecule is CC(C)(C)C1CCSC(=NCC(C)(C)S(C)(=O)=O)N1. The predicted octanol–water partition coefficient (Wildman–Crippen LogP) is 2.31. The van der Waals surface area contributed by atoms with Crippen LogP contribution in [0.4, 0.5) is 0 Å². The second-order valence-corrected chi connectivity index (χ2v) is 10.6. The van der Waals surface area contributed by atoms with Crippen LogP contribution in [0.25, 0.3) is 0 Å². The van der Waals surface area contributed by atoms with Crippen LogP contribution in [-0.2, 0) is 9.84 Å². The zero-order valence-electron chi connectivity index (χ0n) is 12.8. The highest BCUT2D eigenvalue weighted by molar-refractivity contribution is 8.13. The molecule has 0 bridgehead atoms. The standard InChI is InChI=1S/C13H26N2O2S2/c1-12(2,3)10-7-8-18-11(15-10)14-9-13(4,5)19(6,16)17/h10H,7-9H2,1-6H3,(H,14,15). The molecule has 19 heavy (non-hydrogen) atoms. The topological polar surface area (TPSA) is 58.5 Å². The molecule has 1 atom stereocenters. The van der Waals surface area contributed by atoms with Crippen molar-refractivity contribution in [3.63, 3.8) is 0 Å². The van der Waals surface area contributed by atoms with E-state index in [4.69, 9.17) is 0 Å². The van der Waals surface area contributed by atoms with Gasteiger partial charge in [0, 0.05) is 18.1 Å². The molecule has 112 valence electrons. The van der Waals surface area contributed by atoms with Gasteiger partial charge in [0.25, 0.3) is 0 Å². The summed E-state index contributed by atoms with van der Waals surface area (Å²) < 4.78 is 22.5. The minimum absolute atomic E-state index is 0.189. The van der Waals surface area contributed by atoms with Gasteiger partial charge in [0.05, 0.1) is 11.3 Å². The Hall–Kier alpha value is -0.230. The minimum atomic E-state index is -3.09. The zero-order chi connectivity index (χ0) is 14.9. The van der Waals surface area contributed by atoms with Crippen molar-refractivity contribution in [2.45, 2.75) is 51.8 Å². The maximum absolute atomic E-state index is 11.7. The lowest BCUT2D eigenvalue weighted by Crippen LogP contribution is -2.46. The molecule has 0 aromatic heterocycles. The second kappa shape index (κ2) is 5.64. The summed E-state index contributed by atoms with van der Waals surface area (Å²) in [5.74, 6) is 1.03. The van der Waals surface area contributed by atoms with Crippen molar-refractivity contribution in [3.8, 4) is 0 Å². The molecule has 1 saturated heterocycles. The highest BCUT2D eigenvalue weighted by Gasteiger charge is 2.32. The normalized spacial score (nSPS) is 24.3. The third-order valence-corrected chi connectivity index (χ3v) is 6.69. The van der Waals surface area contributed by atoms with Gasteiger partial charge in [-0.3, -0.25) is 4.99 Å². The third kappa shape index (κ3) is 4.67. The monoisotopic (exact) mass is 306 g/mol. The third-order valence-electron chi connectivity index (χ3n) is 3.60. The molecule has 1 aliphatic rings. The maximum Gasteiger partial charge on any atom is 0.156 e. The minimum Gasteiger partial charge on any atom is -0.362 e. The van der Waals surface area contributed by atoms with Crippen molar-refractivity contribution in [1.29, 1.82) is 0 Å². The summed E-state index contributed by atoms with van der Waals surface area (Å²) in [4.78, 5) is 4.47. The van der Waals surface area contributed by atoms with E-state index >= 15 is 0 Å². The Kier molecular flexibility index (Phi) is 4.99. The van der Waals surface area contributed by atoms with E-state index in [1.165, 1.54) is 6.26 Å². The number of sulfone groups is 1. The molecule has 1 rings (SSSR count). The average Bonchev–Trinajstić information content (AvgIpc) is 2.24. The molecule has 1 heterocycles. The molecule has 1 aliphatic heterocycles. The van der Waals surface area contributed by atoms with Gasteiger partial charge in [0.1, 0.15) is 0 Å². The Morgan fingerprint density at radius 1 is 1.32 bits per heavy atom. The first-order valence-corrected chi connectivity index (χ1v) is 9.44. The van der Waals surface area contributed by atoms with Gasteiger partial charge >= 0.3 is 0 Å². The van der Waals surface area contributed by atoms with E-state index in [1.54, 1.807) is 25.6 Å². The summed E-state index contributed by atoms with van der Waals surface area (Å²) in [5, 5.41) is 4.31. The Morgan fingerprint density at radius 3 is 2.37 bits per heavy atom. The molecule has 0 spiro atoms. The van der Waals surface area contributed by atoms with Crippen LogP contribution in [0.15, 0.2) is 4.99 Å². The number of hydrogen-bond acceptors (Lipinski definition) is 4. The molecule has 0 radical (unpaired) electrons. The van der Waals surface area contributed by atoms with Gasteiger partial charge in [-0.1, -0.05) is 32.5 Å². The maximum atomic E-state index is 11.7. The van der Waals surface area contributed by atoms with Gasteiger partial charge in [0.2, 0.25) is 0 Å². The fourth-order valence-corrected chi connectivity index (χ4v) is 2.88. The lowest BCUT2D eigenvalue weighted by atomic mass is 9.85. The van der Waals surface area contributed by atoms with Gasteiger partial charge in [0.15, 0.2) is 15.0 Å². The predicted molar refractivity (Wildman–Crippen MR) is 84.7 cm³/mol. The molecule has 1 fully saturated rings. The lowest BCUT2D eigenvalue weighted by Gasteiger charge is -2.35. The molecule has 4 nitrogen and oxygen atoms in total. The van der Waals surface area contributed by atoms with Crippen molar-refractivity contribution in [2.75, 3.05) is 18.6 Å². The largest absolute Gasteiger partial charge is 0.362 e. The van der Waals surface area contributed by atoms with Crippen LogP contribution in [0.5, 0.6) is 0 Å². The van der Waals surface area contributed by atoms with Gasteiger partial charge in [-0.2, -0.15) is 0 Å². The second-order valence-electron chi connectivity index (χ2n) is 6.85. The Bertz CT molecular complexity index is 448. The average molecular weight is 306 g/mol. The van der Waals surface area contributed by atoms with Crippen molar-refractivity contribution < 1.29 is 8.42 Å². The Morgan fingerprint density at radius 2 is 1.89 bits per heavy atom. The van der Waals surface area contributed by atoms with Gasteiger partial charge in [-0.25, -0.2) is 8.42 Å². The molecule has 0 aliphatic carbocycles. The van der Waals surface area contributed by atoms with Gasteiger partial charge in [-0.05, 0) is 25.7 Å². The summed E-state index contributed by atoms with van der Waals surface area (Å²) in [5.41, 5.74) is 0.189. The van der Waals surface area contributed by atoms with Crippen LogP contribution in [0, 0.1) is 5.41 Å². The van der Waals surface area contributed by atoms with Crippen molar-refractivity contribution in [3.05, 3.63) is 0 Å². The molecule has 0 aromatic rings. The number of rotatable bonds is 3. The number of thioether (sulfide) groups is 1. The van der Waals surface area contributed by atoms with E-state index in [0.717, 1.165) is 17.3 Å². The number of aliphatic imine (C=N–C) groups is 1. The van der Waals surface area contributed by atoms with Crippen molar-refractivity contribution in [1.82, 2.24) is 5.32 Å². The lowest BCUT2D eigenvalue weighted by molar-refractivity contribution is 0.290. The first kappa shape index (κ1) is 16.8. The van der Waals surface area contributed by atoms with E-state index in [0.29, 0.717) is 12.6 Å². The highest BCUT2D eigenvalue weighted by Crippen LogP contribution is 2.27. The fraction of sp³-hybridized carbons (Fsp3) is 0.923. The fourth-order valence-electron chi connectivity index (χ4n) is 1.66. The number of amidine groups is 1. The Labute approximate surface area is 121 Å². The summed E-state index contributed by atoms with van der Waals surface area (Å²) >= 11 is 1.68. The molecule has 1 unspecified atom stereocenters. The quantitative estimate of drug-likeness (QED) is 0.869. The molecular weight excluding hydrogens is 280 g/mol. The molecular formula is C13H26N2O2S2. The van der Waals surface area contributed by atoms with Crippen molar-refractivity contribution in [2.24, 2.45) is 10.4 Å². The number of nitrogens with one attached hydrogen (secondary N) is 1. The molecule has 0 saturated carbocycles. The zero-order valence-corrected chi connectivity index (χ0v) is 14.4. The molecule has 1 N–H and O–H groups in total. The molecule has 0 amide bonds. The van der Waals surface area contributed by atoms with E-state index < -0.39 is 14.6 Å². The van der Waals surface area contributed by atoms with E-state index in [9.17, 15) is 8.42 Å². The summed E-state index contributed by atoms with van der Waals surface area (Å²) in [6, 6.07) is 0.397. The summed E-state index contributed by atoms with van der Waals surface area (Å²) in [7, 11) is -3.09. The van der Waals surface area contributed by atoms with Crippen LogP contribution >= 0.6 is 11.8 Å². The van der Waals surface area contributed by atoms with Crippen LogP contribution < -0.4 is 5.32 Å². The number of nitrogens with zero attached hydrogens (tertiary/aromatic N) is 1. The molecule has 6 heteroatoms. The first-order chi connectivity index (χ1) is 8.43. The van der Waals surface area contributed by atoms with E-state index in [2.05, 4.69) is 31.1 Å². The van der Waals surface area contributed by atoms with Crippen molar-refractivity contribution >= 4 is 26.8 Å². The smallest absolute Gasteiger partial charge is 0.156 e. The van der Waals surface area contributed by atoms with Crippen LogP contribution in [0.3, 0.4) is 0 Å². The first-order valence-electron chi connectivity index (χ1n) is 6.57. The van der Waals surface area contributed by atoms with E-state index in [-0.39, 0.29) is 5.41 Å². The highest BCUT2D eigenvalue weighted by atomic mass is 32.2. The van der Waals surface area contributed by atoms with Crippen LogP contribution in [-0.4, -0.2) is 42.9 Å². The van der Waals surface area contributed by atoms with Gasteiger partial charge in [-0.15, -0.1) is 0 Å². The van der Waals surface area contributed by atoms with Gasteiger partial charge < -0.3 is 5.32 Å². The summed E-state index contributed by atoms with van der Waals surface area (Å²) in [6.07, 6.45) is 2.38. The van der Waals surface area contributed by atoms with E-state index in [1.807, 2.05) is 0 Å². The molecule has 0 aromatic carbocycles.